The number of ether oxygens (including phenoxy) is 1. The maximum Gasteiger partial charge on any atom is 0.273 e. The molecule has 1 unspecified atom stereocenters. The number of rotatable bonds is 14. The van der Waals surface area contributed by atoms with Crippen molar-refractivity contribution < 1.29 is 14.3 Å². The predicted molar refractivity (Wildman–Crippen MR) is 148 cm³/mol. The van der Waals surface area contributed by atoms with E-state index in [1.807, 2.05) is 39.1 Å². The molecule has 6 N–H and O–H groups in total. The summed E-state index contributed by atoms with van der Waals surface area (Å²) in [4.78, 5) is 34.5. The molecule has 0 fully saturated rings. The number of aromatic nitrogens is 2. The van der Waals surface area contributed by atoms with Gasteiger partial charge >= 0.3 is 0 Å². The molecule has 0 saturated heterocycles. The monoisotopic (exact) mass is 618 g/mol. The lowest BCUT2D eigenvalue weighted by atomic mass is 10.2. The maximum atomic E-state index is 12.6. The first-order valence-electron chi connectivity index (χ1n) is 11.2. The minimum absolute atomic E-state index is 0.0125. The molecule has 35 heavy (non-hydrogen) atoms. The number of likely N-dealkylation sites (N-methyl/N-ethyl adjacent to an activating group) is 2. The van der Waals surface area contributed by atoms with Crippen LogP contribution >= 0.6 is 34.2 Å². The highest BCUT2D eigenvalue weighted by atomic mass is 127. The third-order valence-electron chi connectivity index (χ3n) is 4.81. The van der Waals surface area contributed by atoms with E-state index in [4.69, 9.17) is 22.1 Å². The van der Waals surface area contributed by atoms with Gasteiger partial charge in [0.2, 0.25) is 0 Å². The first-order chi connectivity index (χ1) is 16.8. The normalized spacial score (nSPS) is 11.5. The van der Waals surface area contributed by atoms with Crippen molar-refractivity contribution in [3.63, 3.8) is 0 Å². The van der Waals surface area contributed by atoms with Gasteiger partial charge in [0.1, 0.15) is 10.9 Å². The van der Waals surface area contributed by atoms with E-state index in [1.54, 1.807) is 0 Å². The highest BCUT2D eigenvalue weighted by molar-refractivity contribution is 14.1. The Morgan fingerprint density at radius 1 is 1.26 bits per heavy atom. The molecule has 1 aromatic heterocycles. The lowest BCUT2D eigenvalue weighted by Gasteiger charge is -2.31. The lowest BCUT2D eigenvalue weighted by molar-refractivity contribution is -0.123. The van der Waals surface area contributed by atoms with Crippen molar-refractivity contribution in [3.05, 3.63) is 35.2 Å². The average Bonchev–Trinajstić information content (AvgIpc) is 2.84. The summed E-state index contributed by atoms with van der Waals surface area (Å²) >= 11 is 8.11. The van der Waals surface area contributed by atoms with Crippen LogP contribution in [0.15, 0.2) is 24.4 Å². The van der Waals surface area contributed by atoms with Gasteiger partial charge in [-0.05, 0) is 33.0 Å². The molecular weight excluding hydrogens is 587 g/mol. The summed E-state index contributed by atoms with van der Waals surface area (Å²) < 4.78 is 5.61. The summed E-state index contributed by atoms with van der Waals surface area (Å²) in [5.41, 5.74) is 7.56. The Labute approximate surface area is 224 Å². The van der Waals surface area contributed by atoms with Gasteiger partial charge in [-0.3, -0.25) is 9.59 Å². The molecule has 2 amide bonds. The van der Waals surface area contributed by atoms with Gasteiger partial charge < -0.3 is 36.6 Å². The van der Waals surface area contributed by atoms with Crippen molar-refractivity contribution >= 4 is 63.2 Å². The van der Waals surface area contributed by atoms with Gasteiger partial charge in [0.15, 0.2) is 18.1 Å². The number of nitrogen functional groups attached to an aromatic ring is 1. The van der Waals surface area contributed by atoms with Gasteiger partial charge in [0.25, 0.3) is 11.8 Å². The standard InChI is InChI=1S/C22H32ClIN8O3/c1-4-27-15-7-6-14(35-13-19(33)28-9-8-26-3)10-16(15)32(5-2)18(24)12-30-22(34)20-21(25)29-11-17(23)31-20/h6-7,10-11,18,26-27H,4-5,8-9,12-13H2,1-3H3,(H2,25,29)(H,28,33)(H,30,34). The van der Waals surface area contributed by atoms with Gasteiger partial charge in [0.05, 0.1) is 21.6 Å². The minimum Gasteiger partial charge on any atom is -0.484 e. The molecule has 0 aliphatic heterocycles. The Morgan fingerprint density at radius 2 is 2.03 bits per heavy atom. The van der Waals surface area contributed by atoms with Gasteiger partial charge in [0, 0.05) is 38.8 Å². The van der Waals surface area contributed by atoms with Crippen molar-refractivity contribution in [2.45, 2.75) is 17.9 Å². The zero-order valence-corrected chi connectivity index (χ0v) is 22.9. The Kier molecular flexibility index (Phi) is 12.1. The largest absolute Gasteiger partial charge is 0.484 e. The van der Waals surface area contributed by atoms with Crippen LogP contribution in [0.5, 0.6) is 5.75 Å². The van der Waals surface area contributed by atoms with E-state index in [-0.39, 0.29) is 33.2 Å². The van der Waals surface area contributed by atoms with Crippen LogP contribution in [0, 0.1) is 0 Å². The molecule has 11 nitrogen and oxygen atoms in total. The zero-order chi connectivity index (χ0) is 25.8. The third-order valence-corrected chi connectivity index (χ3v) is 6.10. The second-order valence-corrected chi connectivity index (χ2v) is 9.13. The molecule has 0 aliphatic carbocycles. The maximum absolute atomic E-state index is 12.6. The van der Waals surface area contributed by atoms with E-state index >= 15 is 0 Å². The number of benzene rings is 1. The topological polar surface area (TPSA) is 147 Å². The van der Waals surface area contributed by atoms with E-state index in [0.717, 1.165) is 17.9 Å². The molecule has 0 saturated carbocycles. The van der Waals surface area contributed by atoms with E-state index in [1.165, 1.54) is 6.20 Å². The predicted octanol–water partition coefficient (Wildman–Crippen LogP) is 1.88. The summed E-state index contributed by atoms with van der Waals surface area (Å²) in [5, 5.41) is 12.0. The van der Waals surface area contributed by atoms with E-state index in [0.29, 0.717) is 31.9 Å². The van der Waals surface area contributed by atoms with Crippen LogP contribution in [0.1, 0.15) is 24.3 Å². The van der Waals surface area contributed by atoms with Gasteiger partial charge in [-0.15, -0.1) is 0 Å². The summed E-state index contributed by atoms with van der Waals surface area (Å²) in [6.45, 7) is 6.87. The molecule has 0 spiro atoms. The second kappa shape index (κ2) is 14.7. The molecule has 1 aromatic carbocycles. The Morgan fingerprint density at radius 3 is 2.71 bits per heavy atom. The van der Waals surface area contributed by atoms with Gasteiger partial charge in [-0.2, -0.15) is 0 Å². The first kappa shape index (κ1) is 28.7. The Balaban J connectivity index is 2.11. The van der Waals surface area contributed by atoms with Crippen molar-refractivity contribution in [1.29, 1.82) is 0 Å². The summed E-state index contributed by atoms with van der Waals surface area (Å²) in [7, 11) is 1.82. The lowest BCUT2D eigenvalue weighted by Crippen LogP contribution is -2.41. The van der Waals surface area contributed by atoms with Crippen LogP contribution in [0.3, 0.4) is 0 Å². The quantitative estimate of drug-likeness (QED) is 0.0927. The Bertz CT molecular complexity index is 997. The number of amides is 2. The highest BCUT2D eigenvalue weighted by Crippen LogP contribution is 2.33. The van der Waals surface area contributed by atoms with E-state index in [2.05, 4.69) is 58.7 Å². The number of hydrogen-bond acceptors (Lipinski definition) is 9. The fraction of sp³-hybridized carbons (Fsp3) is 0.455. The Hall–Kier alpha value is -2.58. The fourth-order valence-electron chi connectivity index (χ4n) is 3.14. The van der Waals surface area contributed by atoms with Crippen LogP contribution < -0.4 is 36.6 Å². The molecule has 2 rings (SSSR count). The molecule has 192 valence electrons. The van der Waals surface area contributed by atoms with Crippen molar-refractivity contribution in [3.8, 4) is 5.75 Å². The van der Waals surface area contributed by atoms with Crippen molar-refractivity contribution in [1.82, 2.24) is 25.9 Å². The number of nitrogens with one attached hydrogen (secondary N) is 4. The summed E-state index contributed by atoms with van der Waals surface area (Å²) in [5.74, 6) is -0.0664. The van der Waals surface area contributed by atoms with Crippen molar-refractivity contribution in [2.24, 2.45) is 0 Å². The van der Waals surface area contributed by atoms with Crippen LogP contribution in [0.25, 0.3) is 0 Å². The van der Waals surface area contributed by atoms with Crippen LogP contribution in [-0.2, 0) is 4.79 Å². The number of carbonyl (C=O) groups excluding carboxylic acids is 2. The number of alkyl halides is 1. The van der Waals surface area contributed by atoms with Gasteiger partial charge in [-0.25, -0.2) is 9.97 Å². The molecule has 1 atom stereocenters. The van der Waals surface area contributed by atoms with Crippen LogP contribution in [-0.4, -0.2) is 72.2 Å². The molecule has 0 radical (unpaired) electrons. The fourth-order valence-corrected chi connectivity index (χ4v) is 4.19. The number of hydrogen-bond donors (Lipinski definition) is 5. The van der Waals surface area contributed by atoms with Crippen LogP contribution in [0.2, 0.25) is 5.15 Å². The molecule has 13 heteroatoms. The highest BCUT2D eigenvalue weighted by Gasteiger charge is 2.21. The number of halogens is 2. The van der Waals surface area contributed by atoms with Gasteiger partial charge in [-0.1, -0.05) is 34.2 Å². The molecule has 1 heterocycles. The summed E-state index contributed by atoms with van der Waals surface area (Å²) in [6.07, 6.45) is 1.29. The molecule has 2 aromatic rings. The zero-order valence-electron chi connectivity index (χ0n) is 20.0. The third kappa shape index (κ3) is 8.85. The SMILES string of the molecule is CCNc1ccc(OCC(=O)NCCNC)cc1N(CC)C(I)CNC(=O)c1nc(Cl)cnc1N. The number of carbonyl (C=O) groups is 2. The minimum atomic E-state index is -0.455. The number of anilines is 3. The molecule has 0 bridgehead atoms. The molecule has 0 aliphatic rings. The number of nitrogens with two attached hydrogens (primary N) is 1. The smallest absolute Gasteiger partial charge is 0.273 e. The second-order valence-electron chi connectivity index (χ2n) is 7.31. The average molecular weight is 619 g/mol. The molecular formula is C22H32ClIN8O3. The van der Waals surface area contributed by atoms with Crippen LogP contribution in [0.4, 0.5) is 17.2 Å². The first-order valence-corrected chi connectivity index (χ1v) is 12.8. The number of nitrogens with zero attached hydrogens (tertiary/aromatic N) is 3. The van der Waals surface area contributed by atoms with Crippen molar-refractivity contribution in [2.75, 3.05) is 62.3 Å². The van der Waals surface area contributed by atoms with E-state index < -0.39 is 5.91 Å². The van der Waals surface area contributed by atoms with E-state index in [9.17, 15) is 9.59 Å². The summed E-state index contributed by atoms with van der Waals surface area (Å²) in [6, 6.07) is 5.62.